The van der Waals surface area contributed by atoms with Gasteiger partial charge in [0.1, 0.15) is 18.7 Å². The third-order valence-electron chi connectivity index (χ3n) is 6.98. The normalized spacial score (nSPS) is 11.9. The van der Waals surface area contributed by atoms with Crippen molar-refractivity contribution in [3.8, 4) is 11.4 Å². The van der Waals surface area contributed by atoms with Crippen LogP contribution in [0, 0.1) is 12.7 Å². The number of ether oxygens (including phenoxy) is 2. The summed E-state index contributed by atoms with van der Waals surface area (Å²) < 4.78 is 26.6. The van der Waals surface area contributed by atoms with Crippen LogP contribution in [-0.4, -0.2) is 66.7 Å². The van der Waals surface area contributed by atoms with E-state index in [9.17, 15) is 23.9 Å². The fourth-order valence-corrected chi connectivity index (χ4v) is 4.88. The summed E-state index contributed by atoms with van der Waals surface area (Å²) in [5, 5.41) is 14.9. The second-order valence-electron chi connectivity index (χ2n) is 10.3. The summed E-state index contributed by atoms with van der Waals surface area (Å²) in [4.78, 5) is 40.8. The number of amides is 1. The first-order valence-corrected chi connectivity index (χ1v) is 16.2. The molecule has 3 heterocycles. The van der Waals surface area contributed by atoms with Crippen LogP contribution in [0.25, 0.3) is 22.3 Å². The lowest BCUT2D eigenvalue weighted by molar-refractivity contribution is -0.121. The predicted octanol–water partition coefficient (Wildman–Crippen LogP) is 2.81. The van der Waals surface area contributed by atoms with Gasteiger partial charge in [0.05, 0.1) is 57.6 Å². The van der Waals surface area contributed by atoms with Gasteiger partial charge in [0.2, 0.25) is 5.91 Å². The van der Waals surface area contributed by atoms with E-state index in [0.717, 1.165) is 6.32 Å². The third-order valence-corrected chi connectivity index (χ3v) is 6.98. The topological polar surface area (TPSA) is 201 Å². The number of aliphatic hydroxyl groups is 1. The molecule has 49 heavy (non-hydrogen) atoms. The minimum Gasteiger partial charge on any atom is -0.401 e. The number of nitrogens with zero attached hydrogens (tertiary/aromatic N) is 3. The molecule has 8 N–H and O–H groups in total. The summed E-state index contributed by atoms with van der Waals surface area (Å²) in [5.41, 5.74) is 14.6. The second-order valence-corrected chi connectivity index (χ2v) is 10.3. The molecule has 268 valence electrons. The number of nitrogens with one attached hydrogen (secondary N) is 1. The van der Waals surface area contributed by atoms with Crippen molar-refractivity contribution < 1.29 is 28.6 Å². The summed E-state index contributed by atoms with van der Waals surface area (Å²) >= 11 is 0. The molecule has 1 aliphatic rings. The van der Waals surface area contributed by atoms with Crippen molar-refractivity contribution in [1.82, 2.24) is 19.9 Å². The number of aldehydes is 1. The Kier molecular flexibility index (Phi) is 19.0. The quantitative estimate of drug-likeness (QED) is 0.0347. The highest BCUT2D eigenvalue weighted by molar-refractivity contribution is 6.08. The van der Waals surface area contributed by atoms with Crippen molar-refractivity contribution >= 4 is 30.9 Å². The highest BCUT2D eigenvalue weighted by Gasteiger charge is 2.30. The highest BCUT2D eigenvalue weighted by Crippen LogP contribution is 2.37. The van der Waals surface area contributed by atoms with Crippen LogP contribution in [0.4, 0.5) is 4.39 Å². The molecule has 0 aliphatic carbocycles. The molecule has 15 heteroatoms. The van der Waals surface area contributed by atoms with Gasteiger partial charge in [-0.15, -0.1) is 0 Å². The Morgan fingerprint density at radius 1 is 1.24 bits per heavy atom. The van der Waals surface area contributed by atoms with Crippen LogP contribution in [0.2, 0.25) is 6.32 Å². The van der Waals surface area contributed by atoms with Crippen molar-refractivity contribution in [2.45, 2.75) is 80.1 Å². The zero-order valence-corrected chi connectivity index (χ0v) is 29.6. The molecular weight excluding hydrogens is 632 g/mol. The largest absolute Gasteiger partial charge is 0.401 e. The number of carbonyl (C=O) groups is 2. The van der Waals surface area contributed by atoms with E-state index in [-0.39, 0.29) is 56.6 Å². The summed E-state index contributed by atoms with van der Waals surface area (Å²) in [7, 11) is 6.26. The molecule has 1 aliphatic heterocycles. The van der Waals surface area contributed by atoms with Crippen LogP contribution in [-0.2, 0) is 38.8 Å². The summed E-state index contributed by atoms with van der Waals surface area (Å²) in [6, 6.07) is 4.55. The third kappa shape index (κ3) is 11.2. The molecule has 4 rings (SSSR count). The molecule has 1 atom stereocenters. The molecule has 2 aromatic heterocycles. The van der Waals surface area contributed by atoms with E-state index < -0.39 is 17.5 Å². The number of aliphatic hydroxyl groups excluding tert-OH is 1. The Balaban J connectivity index is 0.00000160. The van der Waals surface area contributed by atoms with Crippen LogP contribution < -0.4 is 28.2 Å². The van der Waals surface area contributed by atoms with Crippen molar-refractivity contribution in [2.24, 2.45) is 17.3 Å². The number of benzene rings is 1. The van der Waals surface area contributed by atoms with Crippen LogP contribution >= 0.6 is 0 Å². The lowest BCUT2D eigenvalue weighted by Gasteiger charge is -2.19. The molecule has 3 aromatic rings. The molecular formula is C34H51BFN7O6. The van der Waals surface area contributed by atoms with E-state index in [1.165, 1.54) is 22.8 Å². The number of rotatable bonds is 13. The number of fused-ring (bicyclic) bond motifs is 4. The molecule has 1 unspecified atom stereocenters. The van der Waals surface area contributed by atoms with Gasteiger partial charge >= 0.3 is 0 Å². The SMILES string of the molecule is CC.CC.COCc1c(C(O)C=O)cc2n(c1=O)Cc1c-2nc2cc(F)c(C)cc2c1CN(N)/C=C(\N)CCOCNC(=O)CN.[B]CC. The smallest absolute Gasteiger partial charge is 0.257 e. The van der Waals surface area contributed by atoms with Gasteiger partial charge in [-0.3, -0.25) is 9.59 Å². The minimum absolute atomic E-state index is 0.00167. The second kappa shape index (κ2) is 21.7. The van der Waals surface area contributed by atoms with Crippen LogP contribution in [0.1, 0.15) is 75.0 Å². The fourth-order valence-electron chi connectivity index (χ4n) is 4.88. The fraction of sp³-hybridized carbons (Fsp3) is 0.471. The van der Waals surface area contributed by atoms with Gasteiger partial charge in [-0.2, -0.15) is 0 Å². The first-order chi connectivity index (χ1) is 23.5. The van der Waals surface area contributed by atoms with Gasteiger partial charge in [0.25, 0.3) is 5.56 Å². The number of carbonyl (C=O) groups excluding carboxylic acids is 2. The molecule has 0 saturated carbocycles. The Hall–Kier alpha value is -4.15. The highest BCUT2D eigenvalue weighted by atomic mass is 19.1. The van der Waals surface area contributed by atoms with E-state index in [4.69, 9.17) is 39.6 Å². The standard InChI is InChI=1S/C28H34FN7O6.C2H5B.2C2H6/c1-15-5-17-19(10-35(32)9-16(31)3-4-42-14-33-26(39)8-30)20-11-36-24(27(20)34-23(17)7-22(15)29)6-18(25(38)12-37)21(13-41-2)28(36)40;1-2-3;2*1-2/h5-7,9,12,25,38H,3-4,8,10-11,13-14,30-32H2,1-2H3,(H,33,39);2H2,1H3;2*1-2H3/b16-9-;;;. The lowest BCUT2D eigenvalue weighted by Crippen LogP contribution is -2.32. The van der Waals surface area contributed by atoms with Crippen molar-refractivity contribution in [3.63, 3.8) is 0 Å². The molecule has 2 radical (unpaired) electrons. The van der Waals surface area contributed by atoms with E-state index in [1.54, 1.807) is 25.3 Å². The summed E-state index contributed by atoms with van der Waals surface area (Å²) in [6.07, 6.45) is 1.42. The lowest BCUT2D eigenvalue weighted by atomic mass is 9.98. The average molecular weight is 684 g/mol. The van der Waals surface area contributed by atoms with E-state index in [0.29, 0.717) is 57.4 Å². The minimum atomic E-state index is -1.54. The van der Waals surface area contributed by atoms with Crippen LogP contribution in [0.3, 0.4) is 0 Å². The zero-order valence-electron chi connectivity index (χ0n) is 29.6. The first-order valence-electron chi connectivity index (χ1n) is 16.2. The van der Waals surface area contributed by atoms with Crippen LogP contribution in [0.5, 0.6) is 0 Å². The maximum absolute atomic E-state index is 14.6. The summed E-state index contributed by atoms with van der Waals surface area (Å²) in [6.45, 7) is 11.8. The first kappa shape index (κ1) is 42.9. The number of aromatic nitrogens is 2. The maximum atomic E-state index is 14.6. The maximum Gasteiger partial charge on any atom is 0.257 e. The van der Waals surface area contributed by atoms with Gasteiger partial charge in [-0.25, -0.2) is 15.2 Å². The van der Waals surface area contributed by atoms with Crippen LogP contribution in [0.15, 0.2) is 34.9 Å². The van der Waals surface area contributed by atoms with Gasteiger partial charge in [0.15, 0.2) is 6.29 Å². The summed E-state index contributed by atoms with van der Waals surface area (Å²) in [5.74, 6) is 5.56. The van der Waals surface area contributed by atoms with Gasteiger partial charge in [-0.1, -0.05) is 40.9 Å². The molecule has 0 saturated heterocycles. The predicted molar refractivity (Wildman–Crippen MR) is 191 cm³/mol. The number of hydrogen-bond donors (Lipinski definition) is 5. The van der Waals surface area contributed by atoms with Crippen molar-refractivity contribution in [3.05, 3.63) is 74.1 Å². The number of nitrogens with two attached hydrogens (primary N) is 3. The van der Waals surface area contributed by atoms with Gasteiger partial charge in [0, 0.05) is 53.6 Å². The Labute approximate surface area is 289 Å². The Bertz CT molecular complexity index is 1630. The van der Waals surface area contributed by atoms with E-state index in [1.807, 2.05) is 34.6 Å². The average Bonchev–Trinajstić information content (AvgIpc) is 3.46. The molecule has 0 spiro atoms. The number of halogens is 1. The molecule has 0 bridgehead atoms. The monoisotopic (exact) mass is 683 g/mol. The van der Waals surface area contributed by atoms with E-state index in [2.05, 4.69) is 5.32 Å². The van der Waals surface area contributed by atoms with Gasteiger partial charge in [-0.05, 0) is 30.2 Å². The number of aryl methyl sites for hydroxylation is 1. The van der Waals surface area contributed by atoms with Crippen molar-refractivity contribution in [1.29, 1.82) is 0 Å². The Morgan fingerprint density at radius 2 is 1.90 bits per heavy atom. The number of pyridine rings is 2. The van der Waals surface area contributed by atoms with Crippen molar-refractivity contribution in [2.75, 3.05) is 27.0 Å². The zero-order chi connectivity index (χ0) is 37.3. The molecule has 0 fully saturated rings. The van der Waals surface area contributed by atoms with E-state index >= 15 is 0 Å². The number of hydrogen-bond acceptors (Lipinski definition) is 11. The molecule has 1 aromatic carbocycles. The number of methoxy groups -OCH3 is 1. The number of hydrazine groups is 1. The van der Waals surface area contributed by atoms with Gasteiger partial charge < -0.3 is 45.7 Å². The molecule has 13 nitrogen and oxygen atoms in total. The Morgan fingerprint density at radius 3 is 2.49 bits per heavy atom. The molecule has 1 amide bonds.